The SMILES string of the molecule is CCCCCCCCC=CCCCCCCCC(=O)NCCc1c[nH]c2c(Cl)cccc12. The van der Waals surface area contributed by atoms with Gasteiger partial charge in [0.25, 0.3) is 0 Å². The van der Waals surface area contributed by atoms with Gasteiger partial charge in [0.1, 0.15) is 0 Å². The Morgan fingerprint density at radius 1 is 0.938 bits per heavy atom. The fraction of sp³-hybridized carbons (Fsp3) is 0.607. The number of hydrogen-bond acceptors (Lipinski definition) is 1. The highest BCUT2D eigenvalue weighted by atomic mass is 35.5. The van der Waals surface area contributed by atoms with Gasteiger partial charge in [0.15, 0.2) is 0 Å². The maximum Gasteiger partial charge on any atom is 0.220 e. The molecular formula is C28H43ClN2O. The first-order valence-electron chi connectivity index (χ1n) is 12.9. The first-order chi connectivity index (χ1) is 15.7. The second-order valence-electron chi connectivity index (χ2n) is 8.91. The van der Waals surface area contributed by atoms with Gasteiger partial charge < -0.3 is 10.3 Å². The van der Waals surface area contributed by atoms with Gasteiger partial charge in [0, 0.05) is 24.5 Å². The molecule has 0 spiro atoms. The van der Waals surface area contributed by atoms with Crippen molar-refractivity contribution in [2.75, 3.05) is 6.54 Å². The number of fused-ring (bicyclic) bond motifs is 1. The molecule has 2 rings (SSSR count). The van der Waals surface area contributed by atoms with Gasteiger partial charge in [0.05, 0.1) is 10.5 Å². The summed E-state index contributed by atoms with van der Waals surface area (Å²) >= 11 is 6.20. The molecule has 0 aliphatic carbocycles. The summed E-state index contributed by atoms with van der Waals surface area (Å²) in [6.45, 7) is 2.94. The Morgan fingerprint density at radius 2 is 1.59 bits per heavy atom. The normalized spacial score (nSPS) is 11.6. The van der Waals surface area contributed by atoms with Gasteiger partial charge in [-0.05, 0) is 50.2 Å². The minimum Gasteiger partial charge on any atom is -0.360 e. The number of hydrogen-bond donors (Lipinski definition) is 2. The lowest BCUT2D eigenvalue weighted by molar-refractivity contribution is -0.121. The number of unbranched alkanes of at least 4 members (excludes halogenated alkanes) is 11. The van der Waals surface area contributed by atoms with Crippen molar-refractivity contribution < 1.29 is 4.79 Å². The van der Waals surface area contributed by atoms with Crippen molar-refractivity contribution in [1.82, 2.24) is 10.3 Å². The minimum absolute atomic E-state index is 0.167. The molecular weight excluding hydrogens is 416 g/mol. The summed E-state index contributed by atoms with van der Waals surface area (Å²) < 4.78 is 0. The van der Waals surface area contributed by atoms with E-state index in [2.05, 4.69) is 35.4 Å². The third-order valence-corrected chi connectivity index (χ3v) is 6.45. The largest absolute Gasteiger partial charge is 0.360 e. The maximum atomic E-state index is 12.1. The molecule has 0 saturated carbocycles. The number of rotatable bonds is 18. The Hall–Kier alpha value is -1.74. The van der Waals surface area contributed by atoms with Gasteiger partial charge in [-0.15, -0.1) is 0 Å². The smallest absolute Gasteiger partial charge is 0.220 e. The van der Waals surface area contributed by atoms with Crippen LogP contribution < -0.4 is 5.32 Å². The molecule has 0 unspecified atom stereocenters. The molecule has 1 aromatic heterocycles. The van der Waals surface area contributed by atoms with Crippen molar-refractivity contribution in [2.45, 2.75) is 103 Å². The summed E-state index contributed by atoms with van der Waals surface area (Å²) in [5.41, 5.74) is 2.17. The third-order valence-electron chi connectivity index (χ3n) is 6.13. The van der Waals surface area contributed by atoms with Gasteiger partial charge >= 0.3 is 0 Å². The number of carbonyl (C=O) groups excluding carboxylic acids is 1. The zero-order chi connectivity index (χ0) is 22.9. The molecule has 178 valence electrons. The van der Waals surface area contributed by atoms with Gasteiger partial charge in [-0.2, -0.15) is 0 Å². The van der Waals surface area contributed by atoms with Crippen LogP contribution in [0, 0.1) is 0 Å². The van der Waals surface area contributed by atoms with Crippen LogP contribution in [-0.2, 0) is 11.2 Å². The highest BCUT2D eigenvalue weighted by molar-refractivity contribution is 6.35. The van der Waals surface area contributed by atoms with Crippen molar-refractivity contribution in [3.8, 4) is 0 Å². The van der Waals surface area contributed by atoms with Crippen LogP contribution in [0.4, 0.5) is 0 Å². The van der Waals surface area contributed by atoms with Crippen LogP contribution in [0.25, 0.3) is 10.9 Å². The summed E-state index contributed by atoms with van der Waals surface area (Å²) in [5, 5.41) is 4.94. The molecule has 1 aromatic carbocycles. The van der Waals surface area contributed by atoms with Gasteiger partial charge in [-0.25, -0.2) is 0 Å². The molecule has 32 heavy (non-hydrogen) atoms. The van der Waals surface area contributed by atoms with Crippen molar-refractivity contribution in [2.24, 2.45) is 0 Å². The average Bonchev–Trinajstić information content (AvgIpc) is 3.21. The van der Waals surface area contributed by atoms with Crippen LogP contribution in [0.3, 0.4) is 0 Å². The summed E-state index contributed by atoms with van der Waals surface area (Å²) in [4.78, 5) is 15.3. The summed E-state index contributed by atoms with van der Waals surface area (Å²) in [6.07, 6.45) is 24.8. The molecule has 1 amide bonds. The van der Waals surface area contributed by atoms with E-state index in [1.807, 2.05) is 18.3 Å². The minimum atomic E-state index is 0.167. The maximum absolute atomic E-state index is 12.1. The highest BCUT2D eigenvalue weighted by Gasteiger charge is 2.07. The number of halogens is 1. The molecule has 3 nitrogen and oxygen atoms in total. The predicted octanol–water partition coefficient (Wildman–Crippen LogP) is 8.52. The average molecular weight is 459 g/mol. The molecule has 0 radical (unpaired) electrons. The van der Waals surface area contributed by atoms with Gasteiger partial charge in [-0.3, -0.25) is 4.79 Å². The fourth-order valence-corrected chi connectivity index (χ4v) is 4.39. The van der Waals surface area contributed by atoms with Crippen LogP contribution in [0.5, 0.6) is 0 Å². The second kappa shape index (κ2) is 16.8. The zero-order valence-electron chi connectivity index (χ0n) is 20.1. The Bertz CT molecular complexity index is 796. The molecule has 4 heteroatoms. The number of nitrogens with one attached hydrogen (secondary N) is 2. The van der Waals surface area contributed by atoms with E-state index in [9.17, 15) is 4.79 Å². The topological polar surface area (TPSA) is 44.9 Å². The van der Waals surface area contributed by atoms with Gasteiger partial charge in [-0.1, -0.05) is 94.2 Å². The van der Waals surface area contributed by atoms with E-state index in [1.165, 1.54) is 76.2 Å². The molecule has 2 aromatic rings. The lowest BCUT2D eigenvalue weighted by atomic mass is 10.1. The van der Waals surface area contributed by atoms with E-state index in [0.29, 0.717) is 13.0 Å². The van der Waals surface area contributed by atoms with E-state index >= 15 is 0 Å². The van der Waals surface area contributed by atoms with Crippen LogP contribution in [0.2, 0.25) is 5.02 Å². The van der Waals surface area contributed by atoms with Crippen molar-refractivity contribution in [1.29, 1.82) is 0 Å². The Morgan fingerprint density at radius 3 is 2.31 bits per heavy atom. The highest BCUT2D eigenvalue weighted by Crippen LogP contribution is 2.25. The molecule has 1 heterocycles. The zero-order valence-corrected chi connectivity index (χ0v) is 20.8. The van der Waals surface area contributed by atoms with Crippen molar-refractivity contribution >= 4 is 28.4 Å². The number of para-hydroxylation sites is 1. The molecule has 0 bridgehead atoms. The monoisotopic (exact) mass is 458 g/mol. The van der Waals surface area contributed by atoms with E-state index in [0.717, 1.165) is 35.2 Å². The Balaban J connectivity index is 1.40. The fourth-order valence-electron chi connectivity index (χ4n) is 4.16. The standard InChI is InChI=1S/C28H43ClN2O/c1-2-3-4-5-6-7-8-9-10-11-12-13-14-15-16-20-27(32)30-22-21-24-23-31-28-25(24)18-17-19-26(28)29/h9-10,17-19,23,31H,2-8,11-16,20-22H2,1H3,(H,30,32). The number of carbonyl (C=O) groups is 1. The third kappa shape index (κ3) is 10.7. The van der Waals surface area contributed by atoms with Crippen molar-refractivity contribution in [3.63, 3.8) is 0 Å². The molecule has 0 fully saturated rings. The van der Waals surface area contributed by atoms with Gasteiger partial charge in [0.2, 0.25) is 5.91 Å². The summed E-state index contributed by atoms with van der Waals surface area (Å²) in [5.74, 6) is 0.167. The first kappa shape index (κ1) is 26.5. The summed E-state index contributed by atoms with van der Waals surface area (Å²) in [6, 6.07) is 5.92. The number of aromatic nitrogens is 1. The lowest BCUT2D eigenvalue weighted by Gasteiger charge is -2.05. The molecule has 0 aliphatic rings. The summed E-state index contributed by atoms with van der Waals surface area (Å²) in [7, 11) is 0. The van der Waals surface area contributed by atoms with Crippen LogP contribution in [-0.4, -0.2) is 17.4 Å². The van der Waals surface area contributed by atoms with Crippen LogP contribution >= 0.6 is 11.6 Å². The van der Waals surface area contributed by atoms with Crippen LogP contribution in [0.15, 0.2) is 36.5 Å². The van der Waals surface area contributed by atoms with E-state index in [4.69, 9.17) is 11.6 Å². The lowest BCUT2D eigenvalue weighted by Crippen LogP contribution is -2.25. The van der Waals surface area contributed by atoms with Crippen molar-refractivity contribution in [3.05, 3.63) is 47.1 Å². The first-order valence-corrected chi connectivity index (χ1v) is 13.3. The quantitative estimate of drug-likeness (QED) is 0.170. The second-order valence-corrected chi connectivity index (χ2v) is 9.32. The molecule has 2 N–H and O–H groups in total. The van der Waals surface area contributed by atoms with E-state index in [1.54, 1.807) is 0 Å². The number of H-pyrrole nitrogens is 1. The van der Waals surface area contributed by atoms with Crippen LogP contribution in [0.1, 0.15) is 102 Å². The number of aromatic amines is 1. The molecule has 0 atom stereocenters. The van der Waals surface area contributed by atoms with E-state index < -0.39 is 0 Å². The Kier molecular flexibility index (Phi) is 13.9. The number of amides is 1. The number of benzene rings is 1. The predicted molar refractivity (Wildman–Crippen MR) is 139 cm³/mol. The molecule has 0 aliphatic heterocycles. The molecule has 0 saturated heterocycles. The Labute approximate surface area is 200 Å². The van der Waals surface area contributed by atoms with E-state index in [-0.39, 0.29) is 5.91 Å². The number of allylic oxidation sites excluding steroid dienone is 2.